The number of hydrogen-bond acceptors (Lipinski definition) is 2. The molecule has 0 radical (unpaired) electrons. The highest BCUT2D eigenvalue weighted by molar-refractivity contribution is 6.09. The lowest BCUT2D eigenvalue weighted by Gasteiger charge is -2.21. The van der Waals surface area contributed by atoms with Crippen molar-refractivity contribution in [1.82, 2.24) is 9.88 Å². The number of carbonyl (C=O) groups is 2. The van der Waals surface area contributed by atoms with Crippen molar-refractivity contribution >= 4 is 22.8 Å². The first-order valence-electron chi connectivity index (χ1n) is 11.6. The van der Waals surface area contributed by atoms with Gasteiger partial charge in [-0.2, -0.15) is 0 Å². The van der Waals surface area contributed by atoms with Gasteiger partial charge in [-0.15, -0.1) is 0 Å². The molecule has 0 saturated carbocycles. The average Bonchev–Trinajstić information content (AvgIpc) is 3.19. The normalized spacial score (nSPS) is 12.1. The number of nitrogens with zero attached hydrogens (tertiary/aromatic N) is 1. The van der Waals surface area contributed by atoms with Crippen molar-refractivity contribution in [2.45, 2.75) is 39.3 Å². The summed E-state index contributed by atoms with van der Waals surface area (Å²) in [5.41, 5.74) is 4.17. The van der Waals surface area contributed by atoms with Crippen LogP contribution in [0.25, 0.3) is 10.9 Å². The van der Waals surface area contributed by atoms with E-state index in [4.69, 9.17) is 0 Å². The van der Waals surface area contributed by atoms with Gasteiger partial charge < -0.3 is 15.0 Å². The topological polar surface area (TPSA) is 71.3 Å². The fourth-order valence-electron chi connectivity index (χ4n) is 4.49. The molecule has 0 aliphatic rings. The Hall–Kier alpha value is -3.86. The molecule has 1 atom stereocenters. The summed E-state index contributed by atoms with van der Waals surface area (Å²) in [5.74, 6) is -0.715. The third-order valence-electron chi connectivity index (χ3n) is 5.99. The standard InChI is InChI=1S/C29H30N2O3/c1-20(2)16-25(22-12-7-4-8-13-22)30-29(34)24-19-31(18-21-10-5-3-6-11-21)26-15-9-14-23(28(24)26)17-27(32)33/h3-15,19-20,25H,16-18H2,1-2H3,(H,30,34)(H,32,33). The number of aromatic nitrogens is 1. The number of nitrogens with one attached hydrogen (secondary N) is 1. The second-order valence-corrected chi connectivity index (χ2v) is 9.10. The van der Waals surface area contributed by atoms with E-state index in [0.29, 0.717) is 29.0 Å². The minimum Gasteiger partial charge on any atom is -0.481 e. The molecule has 5 heteroatoms. The van der Waals surface area contributed by atoms with Crippen molar-refractivity contribution in [2.24, 2.45) is 5.92 Å². The second-order valence-electron chi connectivity index (χ2n) is 9.10. The van der Waals surface area contributed by atoms with Gasteiger partial charge in [-0.25, -0.2) is 0 Å². The zero-order chi connectivity index (χ0) is 24.1. The van der Waals surface area contributed by atoms with Gasteiger partial charge in [-0.3, -0.25) is 9.59 Å². The fourth-order valence-corrected chi connectivity index (χ4v) is 4.49. The van der Waals surface area contributed by atoms with Crippen LogP contribution in [-0.4, -0.2) is 21.6 Å². The molecule has 174 valence electrons. The van der Waals surface area contributed by atoms with E-state index < -0.39 is 5.97 Å². The summed E-state index contributed by atoms with van der Waals surface area (Å²) in [6.45, 7) is 4.87. The second kappa shape index (κ2) is 10.4. The molecule has 2 N–H and O–H groups in total. The molecule has 1 aromatic heterocycles. The maximum atomic E-state index is 13.7. The van der Waals surface area contributed by atoms with Crippen LogP contribution in [0.15, 0.2) is 85.1 Å². The van der Waals surface area contributed by atoms with Gasteiger partial charge in [0.2, 0.25) is 0 Å². The molecule has 4 rings (SSSR count). The van der Waals surface area contributed by atoms with Crippen LogP contribution in [-0.2, 0) is 17.8 Å². The van der Waals surface area contributed by atoms with Crippen molar-refractivity contribution in [3.05, 3.63) is 107 Å². The van der Waals surface area contributed by atoms with Crippen LogP contribution in [0.4, 0.5) is 0 Å². The molecule has 0 aliphatic carbocycles. The molecule has 0 saturated heterocycles. The summed E-state index contributed by atoms with van der Waals surface area (Å²) in [7, 11) is 0. The number of hydrogen-bond donors (Lipinski definition) is 2. The average molecular weight is 455 g/mol. The van der Waals surface area contributed by atoms with E-state index in [1.54, 1.807) is 6.07 Å². The number of carbonyl (C=O) groups excluding carboxylic acids is 1. The molecule has 0 aliphatic heterocycles. The number of fused-ring (bicyclic) bond motifs is 1. The Kier molecular flexibility index (Phi) is 7.12. The maximum absolute atomic E-state index is 13.7. The van der Waals surface area contributed by atoms with Gasteiger partial charge in [0.15, 0.2) is 0 Å². The van der Waals surface area contributed by atoms with Gasteiger partial charge in [0.05, 0.1) is 18.0 Å². The summed E-state index contributed by atoms with van der Waals surface area (Å²) >= 11 is 0. The number of rotatable bonds is 9. The van der Waals surface area contributed by atoms with E-state index in [1.807, 2.05) is 83.6 Å². The van der Waals surface area contributed by atoms with Crippen molar-refractivity contribution < 1.29 is 14.7 Å². The molecule has 0 bridgehead atoms. The molecular weight excluding hydrogens is 424 g/mol. The number of benzene rings is 3. The Balaban J connectivity index is 1.76. The zero-order valence-corrected chi connectivity index (χ0v) is 19.6. The summed E-state index contributed by atoms with van der Waals surface area (Å²) in [5, 5.41) is 13.4. The highest BCUT2D eigenvalue weighted by atomic mass is 16.4. The minimum absolute atomic E-state index is 0.132. The van der Waals surface area contributed by atoms with E-state index in [9.17, 15) is 14.7 Å². The maximum Gasteiger partial charge on any atom is 0.307 e. The van der Waals surface area contributed by atoms with E-state index in [0.717, 1.165) is 23.1 Å². The molecule has 5 nitrogen and oxygen atoms in total. The first-order chi connectivity index (χ1) is 16.4. The van der Waals surface area contributed by atoms with Gasteiger partial charge in [0.25, 0.3) is 5.91 Å². The first kappa shape index (κ1) is 23.3. The first-order valence-corrected chi connectivity index (χ1v) is 11.6. The molecular formula is C29H30N2O3. The predicted molar refractivity (Wildman–Crippen MR) is 135 cm³/mol. The SMILES string of the molecule is CC(C)CC(NC(=O)c1cn(Cc2ccccc2)c2cccc(CC(=O)O)c12)c1ccccc1. The minimum atomic E-state index is -0.920. The highest BCUT2D eigenvalue weighted by Crippen LogP contribution is 2.29. The zero-order valence-electron chi connectivity index (χ0n) is 19.6. The quantitative estimate of drug-likeness (QED) is 0.334. The number of carboxylic acids is 1. The van der Waals surface area contributed by atoms with E-state index in [1.165, 1.54) is 0 Å². The van der Waals surface area contributed by atoms with Gasteiger partial charge in [0, 0.05) is 23.6 Å². The van der Waals surface area contributed by atoms with Crippen molar-refractivity contribution in [2.75, 3.05) is 0 Å². The molecule has 1 unspecified atom stereocenters. The third kappa shape index (κ3) is 5.37. The lowest BCUT2D eigenvalue weighted by molar-refractivity contribution is -0.136. The molecule has 1 heterocycles. The van der Waals surface area contributed by atoms with Crippen LogP contribution in [0.5, 0.6) is 0 Å². The number of amides is 1. The van der Waals surface area contributed by atoms with E-state index in [2.05, 4.69) is 19.2 Å². The molecule has 0 spiro atoms. The van der Waals surface area contributed by atoms with Crippen LogP contribution in [0.3, 0.4) is 0 Å². The van der Waals surface area contributed by atoms with Gasteiger partial charge >= 0.3 is 5.97 Å². The number of carboxylic acid groups (broad SMARTS) is 1. The molecule has 3 aromatic carbocycles. The van der Waals surface area contributed by atoms with Gasteiger partial charge in [0.1, 0.15) is 0 Å². The molecule has 1 amide bonds. The van der Waals surface area contributed by atoms with E-state index >= 15 is 0 Å². The summed E-state index contributed by atoms with van der Waals surface area (Å²) in [4.78, 5) is 25.2. The number of aliphatic carboxylic acids is 1. The van der Waals surface area contributed by atoms with Crippen LogP contribution in [0.1, 0.15) is 53.4 Å². The van der Waals surface area contributed by atoms with Gasteiger partial charge in [-0.1, -0.05) is 86.6 Å². The summed E-state index contributed by atoms with van der Waals surface area (Å²) in [6.07, 6.45) is 2.53. The van der Waals surface area contributed by atoms with Crippen molar-refractivity contribution in [1.29, 1.82) is 0 Å². The van der Waals surface area contributed by atoms with Crippen LogP contribution < -0.4 is 5.32 Å². The van der Waals surface area contributed by atoms with Gasteiger partial charge in [-0.05, 0) is 35.1 Å². The van der Waals surface area contributed by atoms with Crippen LogP contribution >= 0.6 is 0 Å². The lowest BCUT2D eigenvalue weighted by atomic mass is 9.96. The summed E-state index contributed by atoms with van der Waals surface area (Å²) in [6, 6.07) is 25.5. The van der Waals surface area contributed by atoms with Crippen molar-refractivity contribution in [3.8, 4) is 0 Å². The van der Waals surface area contributed by atoms with E-state index in [-0.39, 0.29) is 18.4 Å². The van der Waals surface area contributed by atoms with Crippen LogP contribution in [0.2, 0.25) is 0 Å². The Bertz CT molecular complexity index is 1280. The Labute approximate surface area is 200 Å². The van der Waals surface area contributed by atoms with Crippen LogP contribution in [0, 0.1) is 5.92 Å². The Morgan fingerprint density at radius 1 is 0.912 bits per heavy atom. The fraction of sp³-hybridized carbons (Fsp3) is 0.241. The largest absolute Gasteiger partial charge is 0.481 e. The molecule has 0 fully saturated rings. The summed E-state index contributed by atoms with van der Waals surface area (Å²) < 4.78 is 2.03. The molecule has 34 heavy (non-hydrogen) atoms. The Morgan fingerprint density at radius 3 is 2.24 bits per heavy atom. The third-order valence-corrected chi connectivity index (χ3v) is 5.99. The smallest absolute Gasteiger partial charge is 0.307 e. The molecule has 4 aromatic rings. The Morgan fingerprint density at radius 2 is 1.59 bits per heavy atom. The highest BCUT2D eigenvalue weighted by Gasteiger charge is 2.23. The monoisotopic (exact) mass is 454 g/mol. The lowest BCUT2D eigenvalue weighted by Crippen LogP contribution is -2.29. The predicted octanol–water partition coefficient (Wildman–Crippen LogP) is 5.83. The van der Waals surface area contributed by atoms with Crippen molar-refractivity contribution in [3.63, 3.8) is 0 Å².